The zero-order valence-corrected chi connectivity index (χ0v) is 10.1. The SMILES string of the molecule is CC(=O)O.[Ce].[H-].[K+]. The molecule has 0 spiro atoms. The molecule has 0 amide bonds. The van der Waals surface area contributed by atoms with E-state index in [-0.39, 0.29) is 94.6 Å². The van der Waals surface area contributed by atoms with Gasteiger partial charge in [0.05, 0.1) is 0 Å². The van der Waals surface area contributed by atoms with Gasteiger partial charge in [0.1, 0.15) is 0 Å². The van der Waals surface area contributed by atoms with E-state index >= 15 is 0 Å². The molecule has 0 heterocycles. The van der Waals surface area contributed by atoms with Gasteiger partial charge in [-0.3, -0.25) is 4.79 Å². The van der Waals surface area contributed by atoms with Crippen LogP contribution >= 0.6 is 0 Å². The van der Waals surface area contributed by atoms with Crippen molar-refractivity contribution in [1.82, 2.24) is 0 Å². The minimum atomic E-state index is -0.833. The van der Waals surface area contributed by atoms with Crippen molar-refractivity contribution in [3.8, 4) is 0 Å². The average molecular weight is 240 g/mol. The van der Waals surface area contributed by atoms with Crippen LogP contribution in [0.1, 0.15) is 8.35 Å². The maximum absolute atomic E-state index is 9.00. The summed E-state index contributed by atoms with van der Waals surface area (Å²) in [7, 11) is 0. The summed E-state index contributed by atoms with van der Waals surface area (Å²) in [6.07, 6.45) is 0. The van der Waals surface area contributed by atoms with Gasteiger partial charge in [0.15, 0.2) is 0 Å². The second kappa shape index (κ2) is 10.5. The summed E-state index contributed by atoms with van der Waals surface area (Å²) in [5.74, 6) is -0.833. The number of hydrogen-bond donors (Lipinski definition) is 1. The van der Waals surface area contributed by atoms with Crippen molar-refractivity contribution in [2.45, 2.75) is 6.92 Å². The molecule has 0 fully saturated rings. The molecule has 0 aliphatic carbocycles. The Labute approximate surface area is 114 Å². The fourth-order valence-corrected chi connectivity index (χ4v) is 0. The summed E-state index contributed by atoms with van der Waals surface area (Å²) in [6.45, 7) is 1.08. The van der Waals surface area contributed by atoms with Gasteiger partial charge in [-0.25, -0.2) is 0 Å². The molecular weight excluding hydrogens is 235 g/mol. The van der Waals surface area contributed by atoms with Crippen molar-refractivity contribution in [2.24, 2.45) is 0 Å². The Morgan fingerprint density at radius 1 is 1.83 bits per heavy atom. The van der Waals surface area contributed by atoms with Gasteiger partial charge < -0.3 is 6.53 Å². The minimum Gasteiger partial charge on any atom is -1.00 e. The Kier molecular flexibility index (Phi) is 27.5. The first-order valence-corrected chi connectivity index (χ1v) is 0.928. The number of hydrogen-bond acceptors (Lipinski definition) is 1. The average Bonchev–Trinajstić information content (AvgIpc) is 0.811. The molecule has 0 aliphatic heterocycles. The summed E-state index contributed by atoms with van der Waals surface area (Å²) >= 11 is 0. The molecule has 2 nitrogen and oxygen atoms in total. The monoisotopic (exact) mass is 240 g/mol. The van der Waals surface area contributed by atoms with Gasteiger partial charge in [-0.15, -0.1) is 0 Å². The van der Waals surface area contributed by atoms with Gasteiger partial charge in [-0.1, -0.05) is 0 Å². The molecule has 6 heavy (non-hydrogen) atoms. The van der Waals surface area contributed by atoms with Crippen molar-refractivity contribution in [3.63, 3.8) is 0 Å². The Morgan fingerprint density at radius 2 is 1.83 bits per heavy atom. The molecule has 0 aromatic rings. The normalized spacial score (nSPS) is 4.17. The molecule has 0 saturated carbocycles. The maximum atomic E-state index is 9.00. The molecular formula is C2H5CeKO2. The maximum Gasteiger partial charge on any atom is 1.00 e. The molecule has 0 aromatic carbocycles. The standard InChI is InChI=1S/C2H4O2.Ce.K.H/c1-2(3)4;;;/h1H3,(H,3,4);;;/q;;+1;-1. The smallest absolute Gasteiger partial charge is 1.00 e. The molecule has 0 bridgehead atoms. The van der Waals surface area contributed by atoms with Crippen molar-refractivity contribution >= 4 is 5.97 Å². The molecule has 0 aromatic heterocycles. The van der Waals surface area contributed by atoms with E-state index in [4.69, 9.17) is 9.90 Å². The third-order valence-electron chi connectivity index (χ3n) is 0. The topological polar surface area (TPSA) is 37.3 Å². The number of carboxylic acids is 1. The van der Waals surface area contributed by atoms with E-state index in [0.717, 1.165) is 6.92 Å². The molecule has 4 heteroatoms. The molecule has 0 rings (SSSR count). The Hall–Kier alpha value is 2.48. The van der Waals surface area contributed by atoms with E-state index in [1.54, 1.807) is 0 Å². The Morgan fingerprint density at radius 3 is 1.83 bits per heavy atom. The second-order valence-electron chi connectivity index (χ2n) is 0.519. The summed E-state index contributed by atoms with van der Waals surface area (Å²) in [4.78, 5) is 9.00. The number of rotatable bonds is 0. The summed E-state index contributed by atoms with van der Waals surface area (Å²) < 4.78 is 0. The summed E-state index contributed by atoms with van der Waals surface area (Å²) in [6, 6.07) is 0. The zero-order valence-electron chi connectivity index (χ0n) is 4.86. The van der Waals surface area contributed by atoms with Crippen LogP contribution in [0.3, 0.4) is 0 Å². The van der Waals surface area contributed by atoms with Crippen molar-refractivity contribution in [3.05, 3.63) is 0 Å². The van der Waals surface area contributed by atoms with Crippen LogP contribution in [0.25, 0.3) is 0 Å². The fourth-order valence-electron chi connectivity index (χ4n) is 0. The van der Waals surface area contributed by atoms with Gasteiger partial charge in [-0.05, 0) is 0 Å². The van der Waals surface area contributed by atoms with Crippen LogP contribution in [0.2, 0.25) is 0 Å². The van der Waals surface area contributed by atoms with Gasteiger partial charge in [-0.2, -0.15) is 0 Å². The summed E-state index contributed by atoms with van der Waals surface area (Å²) in [5.41, 5.74) is 0. The number of carboxylic acid groups (broad SMARTS) is 1. The van der Waals surface area contributed by atoms with E-state index in [0.29, 0.717) is 0 Å². The van der Waals surface area contributed by atoms with E-state index in [1.807, 2.05) is 0 Å². The predicted octanol–water partition coefficient (Wildman–Crippen LogP) is -2.79. The van der Waals surface area contributed by atoms with E-state index < -0.39 is 5.97 Å². The first-order chi connectivity index (χ1) is 1.73. The second-order valence-corrected chi connectivity index (χ2v) is 0.519. The van der Waals surface area contributed by atoms with Crippen LogP contribution in [0.5, 0.6) is 0 Å². The summed E-state index contributed by atoms with van der Waals surface area (Å²) in [5, 5.41) is 7.42. The van der Waals surface area contributed by atoms with Crippen LogP contribution in [-0.2, 0) is 4.79 Å². The number of aliphatic carboxylic acids is 1. The third-order valence-corrected chi connectivity index (χ3v) is 0. The molecule has 30 valence electrons. The van der Waals surface area contributed by atoms with Crippen molar-refractivity contribution in [1.29, 1.82) is 0 Å². The molecule has 0 aliphatic rings. The minimum absolute atomic E-state index is 0. The van der Waals surface area contributed by atoms with Crippen LogP contribution in [-0.4, -0.2) is 11.1 Å². The van der Waals surface area contributed by atoms with Gasteiger partial charge >= 0.3 is 51.4 Å². The van der Waals surface area contributed by atoms with Crippen LogP contribution in [0.15, 0.2) is 0 Å². The van der Waals surface area contributed by atoms with Gasteiger partial charge in [0, 0.05) is 48.7 Å². The third kappa shape index (κ3) is 31.6. The Balaban J connectivity index is -0.0000000150. The molecule has 0 saturated heterocycles. The zero-order chi connectivity index (χ0) is 3.58. The number of carbonyl (C=O) groups is 1. The van der Waals surface area contributed by atoms with E-state index in [9.17, 15) is 0 Å². The van der Waals surface area contributed by atoms with Crippen molar-refractivity contribution < 1.29 is 104 Å². The van der Waals surface area contributed by atoms with E-state index in [1.165, 1.54) is 0 Å². The first kappa shape index (κ1) is 15.8. The van der Waals surface area contributed by atoms with Crippen LogP contribution in [0, 0.1) is 41.7 Å². The van der Waals surface area contributed by atoms with Gasteiger partial charge in [0.25, 0.3) is 5.97 Å². The van der Waals surface area contributed by atoms with E-state index in [2.05, 4.69) is 0 Å². The molecule has 0 unspecified atom stereocenters. The van der Waals surface area contributed by atoms with Gasteiger partial charge in [0.2, 0.25) is 0 Å². The Bertz CT molecular complexity index is 38.7. The first-order valence-electron chi connectivity index (χ1n) is 0.928. The quantitative estimate of drug-likeness (QED) is 0.465. The molecule has 0 atom stereocenters. The largest absolute Gasteiger partial charge is 1.00 e. The predicted molar refractivity (Wildman–Crippen MR) is 14.4 cm³/mol. The van der Waals surface area contributed by atoms with Crippen LogP contribution in [0.4, 0.5) is 0 Å². The molecule has 1 N–H and O–H groups in total. The van der Waals surface area contributed by atoms with Crippen LogP contribution < -0.4 is 51.4 Å². The molecule has 0 radical (unpaired) electrons. The fraction of sp³-hybridized carbons (Fsp3) is 0.500. The van der Waals surface area contributed by atoms with Crippen molar-refractivity contribution in [2.75, 3.05) is 0 Å².